The summed E-state index contributed by atoms with van der Waals surface area (Å²) < 4.78 is 0. The lowest BCUT2D eigenvalue weighted by atomic mass is 9.89. The van der Waals surface area contributed by atoms with Gasteiger partial charge in [-0.25, -0.2) is 0 Å². The van der Waals surface area contributed by atoms with Gasteiger partial charge in [0.2, 0.25) is 0 Å². The van der Waals surface area contributed by atoms with Crippen molar-refractivity contribution in [2.75, 3.05) is 0 Å². The zero-order valence-corrected chi connectivity index (χ0v) is 10.5. The molecule has 0 spiro atoms. The first kappa shape index (κ1) is 11.3. The molecule has 0 N–H and O–H groups in total. The maximum atomic E-state index is 4.44. The van der Waals surface area contributed by atoms with Crippen LogP contribution in [0.4, 0.5) is 0 Å². The molecule has 0 aliphatic heterocycles. The van der Waals surface area contributed by atoms with Gasteiger partial charge >= 0.3 is 0 Å². The first-order valence-corrected chi connectivity index (χ1v) is 6.79. The molecule has 0 unspecified atom stereocenters. The normalized spacial score (nSPS) is 16.2. The molecule has 1 aromatic carbocycles. The lowest BCUT2D eigenvalue weighted by Crippen LogP contribution is -2.03. The molecule has 0 radical (unpaired) electrons. The molecule has 1 aliphatic rings. The second kappa shape index (κ2) is 5.23. The minimum atomic E-state index is 0.595. The number of hydrogen-bond acceptors (Lipinski definition) is 1. The van der Waals surface area contributed by atoms with Crippen molar-refractivity contribution in [3.8, 4) is 11.8 Å². The van der Waals surface area contributed by atoms with E-state index >= 15 is 0 Å². The lowest BCUT2D eigenvalue weighted by Gasteiger charge is -2.15. The minimum absolute atomic E-state index is 0.595. The number of benzene rings is 1. The van der Waals surface area contributed by atoms with Crippen molar-refractivity contribution >= 4 is 10.9 Å². The van der Waals surface area contributed by atoms with Gasteiger partial charge in [0.25, 0.3) is 0 Å². The summed E-state index contributed by atoms with van der Waals surface area (Å²) in [5.74, 6) is 7.38. The molecule has 1 aliphatic carbocycles. The highest BCUT2D eigenvalue weighted by Crippen LogP contribution is 2.23. The van der Waals surface area contributed by atoms with Gasteiger partial charge in [-0.1, -0.05) is 49.3 Å². The average Bonchev–Trinajstić information content (AvgIpc) is 2.46. The van der Waals surface area contributed by atoms with Gasteiger partial charge in [-0.3, -0.25) is 4.98 Å². The van der Waals surface area contributed by atoms with Crippen LogP contribution in [-0.2, 0) is 0 Å². The molecule has 18 heavy (non-hydrogen) atoms. The van der Waals surface area contributed by atoms with E-state index in [-0.39, 0.29) is 0 Å². The van der Waals surface area contributed by atoms with Gasteiger partial charge in [-0.2, -0.15) is 0 Å². The number of nitrogens with zero attached hydrogens (tertiary/aromatic N) is 1. The number of fused-ring (bicyclic) bond motifs is 1. The van der Waals surface area contributed by atoms with Crippen molar-refractivity contribution < 1.29 is 0 Å². The summed E-state index contributed by atoms with van der Waals surface area (Å²) in [6, 6.07) is 10.3. The molecule has 2 aromatic rings. The number of pyridine rings is 1. The van der Waals surface area contributed by atoms with E-state index < -0.39 is 0 Å². The molecule has 0 atom stereocenters. The summed E-state index contributed by atoms with van der Waals surface area (Å²) in [6.45, 7) is 0. The van der Waals surface area contributed by atoms with E-state index in [1.807, 2.05) is 12.3 Å². The zero-order valence-electron chi connectivity index (χ0n) is 10.5. The van der Waals surface area contributed by atoms with Crippen molar-refractivity contribution in [3.05, 3.63) is 42.1 Å². The van der Waals surface area contributed by atoms with E-state index in [0.717, 1.165) is 11.1 Å². The SMILES string of the molecule is C(#CC1CCCCC1)c1cccc2cccnc12. The highest BCUT2D eigenvalue weighted by Gasteiger charge is 2.10. The lowest BCUT2D eigenvalue weighted by molar-refractivity contribution is 0.430. The van der Waals surface area contributed by atoms with Crippen LogP contribution in [-0.4, -0.2) is 4.98 Å². The first-order valence-electron chi connectivity index (χ1n) is 6.79. The van der Waals surface area contributed by atoms with E-state index in [0.29, 0.717) is 5.92 Å². The Balaban J connectivity index is 1.92. The summed E-state index contributed by atoms with van der Waals surface area (Å²) in [5, 5.41) is 1.17. The second-order valence-corrected chi connectivity index (χ2v) is 4.98. The maximum Gasteiger partial charge on any atom is 0.0858 e. The maximum absolute atomic E-state index is 4.44. The molecule has 0 saturated heterocycles. The van der Waals surface area contributed by atoms with Crippen LogP contribution in [0, 0.1) is 17.8 Å². The molecular formula is C17H17N. The molecule has 90 valence electrons. The van der Waals surface area contributed by atoms with Crippen LogP contribution in [0.15, 0.2) is 36.5 Å². The monoisotopic (exact) mass is 235 g/mol. The second-order valence-electron chi connectivity index (χ2n) is 4.98. The Kier molecular flexibility index (Phi) is 3.28. The Bertz CT molecular complexity index is 592. The van der Waals surface area contributed by atoms with Crippen LogP contribution in [0.25, 0.3) is 10.9 Å². The predicted molar refractivity (Wildman–Crippen MR) is 75.2 cm³/mol. The summed E-state index contributed by atoms with van der Waals surface area (Å²) in [4.78, 5) is 4.44. The number of hydrogen-bond donors (Lipinski definition) is 0. The van der Waals surface area contributed by atoms with Crippen LogP contribution < -0.4 is 0 Å². The van der Waals surface area contributed by atoms with Crippen LogP contribution in [0.3, 0.4) is 0 Å². The zero-order chi connectivity index (χ0) is 12.2. The molecule has 0 bridgehead atoms. The Hall–Kier alpha value is -1.81. The van der Waals surface area contributed by atoms with Crippen molar-refractivity contribution in [1.29, 1.82) is 0 Å². The third kappa shape index (κ3) is 2.38. The fourth-order valence-electron chi connectivity index (χ4n) is 2.63. The molecule has 1 heteroatoms. The van der Waals surface area contributed by atoms with Gasteiger partial charge in [0.15, 0.2) is 0 Å². The molecule has 1 nitrogen and oxygen atoms in total. The van der Waals surface area contributed by atoms with Gasteiger partial charge in [-0.05, 0) is 25.0 Å². The van der Waals surface area contributed by atoms with E-state index in [4.69, 9.17) is 0 Å². The molecule has 1 heterocycles. The van der Waals surface area contributed by atoms with Crippen molar-refractivity contribution in [2.45, 2.75) is 32.1 Å². The van der Waals surface area contributed by atoms with Crippen LogP contribution >= 0.6 is 0 Å². The van der Waals surface area contributed by atoms with Crippen LogP contribution in [0.1, 0.15) is 37.7 Å². The molecule has 0 amide bonds. The largest absolute Gasteiger partial charge is 0.255 e. The fraction of sp³-hybridized carbons (Fsp3) is 0.353. The number of rotatable bonds is 0. The molecule has 1 fully saturated rings. The van der Waals surface area contributed by atoms with E-state index in [1.165, 1.54) is 37.5 Å². The van der Waals surface area contributed by atoms with E-state index in [2.05, 4.69) is 41.1 Å². The highest BCUT2D eigenvalue weighted by atomic mass is 14.6. The number of aromatic nitrogens is 1. The van der Waals surface area contributed by atoms with Crippen LogP contribution in [0.5, 0.6) is 0 Å². The van der Waals surface area contributed by atoms with Gasteiger partial charge < -0.3 is 0 Å². The van der Waals surface area contributed by atoms with Crippen molar-refractivity contribution in [2.24, 2.45) is 5.92 Å². The first-order chi connectivity index (χ1) is 8.93. The third-order valence-electron chi connectivity index (χ3n) is 3.65. The Morgan fingerprint density at radius 2 is 1.83 bits per heavy atom. The molecular weight excluding hydrogens is 218 g/mol. The predicted octanol–water partition coefficient (Wildman–Crippen LogP) is 4.17. The van der Waals surface area contributed by atoms with Crippen LogP contribution in [0.2, 0.25) is 0 Å². The molecule has 1 aromatic heterocycles. The smallest absolute Gasteiger partial charge is 0.0858 e. The van der Waals surface area contributed by atoms with Gasteiger partial charge in [0, 0.05) is 17.5 Å². The fourth-order valence-corrected chi connectivity index (χ4v) is 2.63. The summed E-state index contributed by atoms with van der Waals surface area (Å²) in [6.07, 6.45) is 8.44. The van der Waals surface area contributed by atoms with Gasteiger partial charge in [0.05, 0.1) is 11.1 Å². The van der Waals surface area contributed by atoms with Crippen molar-refractivity contribution in [3.63, 3.8) is 0 Å². The summed E-state index contributed by atoms with van der Waals surface area (Å²) >= 11 is 0. The van der Waals surface area contributed by atoms with Crippen molar-refractivity contribution in [1.82, 2.24) is 4.98 Å². The highest BCUT2D eigenvalue weighted by molar-refractivity contribution is 5.84. The third-order valence-corrected chi connectivity index (χ3v) is 3.65. The van der Waals surface area contributed by atoms with Gasteiger partial charge in [0.1, 0.15) is 0 Å². The summed E-state index contributed by atoms with van der Waals surface area (Å²) in [7, 11) is 0. The Morgan fingerprint density at radius 1 is 1.00 bits per heavy atom. The number of para-hydroxylation sites is 1. The Labute approximate surface area is 108 Å². The van der Waals surface area contributed by atoms with E-state index in [1.54, 1.807) is 0 Å². The van der Waals surface area contributed by atoms with E-state index in [9.17, 15) is 0 Å². The quantitative estimate of drug-likeness (QED) is 0.625. The Morgan fingerprint density at radius 3 is 2.72 bits per heavy atom. The topological polar surface area (TPSA) is 12.9 Å². The summed E-state index contributed by atoms with van der Waals surface area (Å²) in [5.41, 5.74) is 2.10. The molecule has 1 saturated carbocycles. The van der Waals surface area contributed by atoms with Gasteiger partial charge in [-0.15, -0.1) is 0 Å². The molecule has 3 rings (SSSR count). The minimum Gasteiger partial charge on any atom is -0.255 e. The average molecular weight is 235 g/mol. The standard InChI is InChI=1S/C17H17N/c1-2-6-14(7-3-1)11-12-16-9-4-8-15-10-5-13-18-17(15)16/h4-5,8-10,13-14H,1-3,6-7H2.